The van der Waals surface area contributed by atoms with Crippen molar-refractivity contribution in [1.29, 1.82) is 0 Å². The second-order valence-corrected chi connectivity index (χ2v) is 7.51. The van der Waals surface area contributed by atoms with Crippen molar-refractivity contribution in [3.63, 3.8) is 0 Å². The molecular formula is C24H24N6. The summed E-state index contributed by atoms with van der Waals surface area (Å²) in [6.07, 6.45) is 8.55. The summed E-state index contributed by atoms with van der Waals surface area (Å²) in [5.41, 5.74) is 4.62. The van der Waals surface area contributed by atoms with Crippen molar-refractivity contribution in [2.24, 2.45) is 0 Å². The Labute approximate surface area is 175 Å². The van der Waals surface area contributed by atoms with Crippen molar-refractivity contribution < 1.29 is 0 Å². The highest BCUT2D eigenvalue weighted by Crippen LogP contribution is 2.25. The Balaban J connectivity index is 1.54. The first kappa shape index (κ1) is 18.4. The Kier molecular flexibility index (Phi) is 5.12. The topological polar surface area (TPSA) is 78.5 Å². The van der Waals surface area contributed by atoms with Gasteiger partial charge in [-0.2, -0.15) is 10.1 Å². The maximum atomic E-state index is 4.75. The number of rotatable bonds is 0. The molecule has 6 nitrogen and oxygen atoms in total. The van der Waals surface area contributed by atoms with Crippen LogP contribution in [0, 0.1) is 0 Å². The molecule has 0 radical (unpaired) electrons. The van der Waals surface area contributed by atoms with Crippen LogP contribution in [0.2, 0.25) is 0 Å². The van der Waals surface area contributed by atoms with Gasteiger partial charge in [0.15, 0.2) is 5.82 Å². The lowest BCUT2D eigenvalue weighted by molar-refractivity contribution is 0.828. The van der Waals surface area contributed by atoms with E-state index in [9.17, 15) is 0 Å². The average Bonchev–Trinajstić information content (AvgIpc) is 3.22. The Bertz CT molecular complexity index is 1190. The maximum absolute atomic E-state index is 4.75. The number of hydrogen-bond acceptors (Lipinski definition) is 5. The SMILES string of the molecule is C1=C\Cc2cc(n[nH]2)Nc2nc(nc3ccccc23)NCc2ccccc2CCC/1. The third-order valence-corrected chi connectivity index (χ3v) is 5.36. The quantitative estimate of drug-likeness (QED) is 0.359. The monoisotopic (exact) mass is 396 g/mol. The van der Waals surface area contributed by atoms with Gasteiger partial charge in [-0.3, -0.25) is 5.10 Å². The highest BCUT2D eigenvalue weighted by Gasteiger charge is 2.11. The number of hydrogen-bond donors (Lipinski definition) is 3. The van der Waals surface area contributed by atoms with Gasteiger partial charge in [-0.1, -0.05) is 48.6 Å². The molecule has 0 saturated carbocycles. The first-order valence-electron chi connectivity index (χ1n) is 10.4. The third-order valence-electron chi connectivity index (χ3n) is 5.36. The number of aromatic nitrogens is 4. The minimum atomic E-state index is 0.604. The number of aryl methyl sites for hydroxylation is 1. The summed E-state index contributed by atoms with van der Waals surface area (Å²) in [7, 11) is 0. The van der Waals surface area contributed by atoms with Crippen LogP contribution in [0.25, 0.3) is 10.9 Å². The number of fused-ring (bicyclic) bond motifs is 7. The van der Waals surface area contributed by atoms with Gasteiger partial charge < -0.3 is 10.6 Å². The van der Waals surface area contributed by atoms with E-state index in [1.165, 1.54) is 11.1 Å². The van der Waals surface area contributed by atoms with Crippen molar-refractivity contribution in [3.8, 4) is 0 Å². The molecule has 0 spiro atoms. The van der Waals surface area contributed by atoms with E-state index in [-0.39, 0.29) is 0 Å². The average molecular weight is 396 g/mol. The molecule has 30 heavy (non-hydrogen) atoms. The van der Waals surface area contributed by atoms with Gasteiger partial charge in [-0.15, -0.1) is 0 Å². The summed E-state index contributed by atoms with van der Waals surface area (Å²) in [6.45, 7) is 0.691. The minimum Gasteiger partial charge on any atom is -0.350 e. The number of aromatic amines is 1. The molecule has 0 amide bonds. The lowest BCUT2D eigenvalue weighted by Gasteiger charge is -2.13. The fourth-order valence-electron chi connectivity index (χ4n) is 3.79. The van der Waals surface area contributed by atoms with Crippen LogP contribution in [-0.4, -0.2) is 20.2 Å². The zero-order valence-electron chi connectivity index (χ0n) is 16.7. The molecule has 4 aromatic rings. The standard InChI is InChI=1S/C24H24N6/c1-2-4-12-19-15-22(30-29-19)27-23-20-13-7-8-14-21(20)26-24(28-23)25-16-18-11-6-5-10-17(18)9-3-1/h2,4-8,10-11,13-15H,1,3,9,12,16H2,(H3,25,26,27,28,29,30)/b4-2-. The minimum absolute atomic E-state index is 0.604. The second-order valence-electron chi connectivity index (χ2n) is 7.51. The van der Waals surface area contributed by atoms with Crippen molar-refractivity contribution >= 4 is 28.5 Å². The lowest BCUT2D eigenvalue weighted by atomic mass is 10.0. The third kappa shape index (κ3) is 4.03. The Morgan fingerprint density at radius 1 is 0.867 bits per heavy atom. The highest BCUT2D eigenvalue weighted by molar-refractivity contribution is 5.91. The van der Waals surface area contributed by atoms with E-state index in [1.807, 2.05) is 30.3 Å². The van der Waals surface area contributed by atoms with Crippen LogP contribution >= 0.6 is 0 Å². The molecule has 0 atom stereocenters. The molecule has 5 rings (SSSR count). The van der Waals surface area contributed by atoms with Crippen LogP contribution in [0.15, 0.2) is 66.7 Å². The molecule has 2 aromatic carbocycles. The zero-order chi connectivity index (χ0) is 20.2. The van der Waals surface area contributed by atoms with Gasteiger partial charge in [0.25, 0.3) is 0 Å². The van der Waals surface area contributed by atoms with Crippen LogP contribution in [0.5, 0.6) is 0 Å². The van der Waals surface area contributed by atoms with Crippen LogP contribution in [0.1, 0.15) is 29.7 Å². The zero-order valence-corrected chi connectivity index (χ0v) is 16.7. The number of H-pyrrole nitrogens is 1. The summed E-state index contributed by atoms with van der Waals surface area (Å²) >= 11 is 0. The van der Waals surface area contributed by atoms with Crippen molar-refractivity contribution in [2.45, 2.75) is 32.2 Å². The first-order chi connectivity index (χ1) is 14.8. The fraction of sp³-hybridized carbons (Fsp3) is 0.208. The molecular weight excluding hydrogens is 372 g/mol. The maximum Gasteiger partial charge on any atom is 0.225 e. The van der Waals surface area contributed by atoms with E-state index in [1.54, 1.807) is 0 Å². The highest BCUT2D eigenvalue weighted by atomic mass is 15.2. The van der Waals surface area contributed by atoms with Gasteiger partial charge in [0, 0.05) is 30.1 Å². The molecule has 150 valence electrons. The van der Waals surface area contributed by atoms with Gasteiger partial charge >= 0.3 is 0 Å². The van der Waals surface area contributed by atoms with Crippen molar-refractivity contribution in [2.75, 3.05) is 10.6 Å². The molecule has 1 aliphatic heterocycles. The van der Waals surface area contributed by atoms with E-state index >= 15 is 0 Å². The number of benzene rings is 2. The molecule has 0 saturated heterocycles. The number of anilines is 3. The van der Waals surface area contributed by atoms with E-state index in [0.717, 1.165) is 53.9 Å². The molecule has 3 heterocycles. The van der Waals surface area contributed by atoms with Crippen LogP contribution < -0.4 is 10.6 Å². The molecule has 0 fully saturated rings. The molecule has 6 heteroatoms. The smallest absolute Gasteiger partial charge is 0.225 e. The fourth-order valence-corrected chi connectivity index (χ4v) is 3.79. The number of para-hydroxylation sites is 1. The molecule has 2 aromatic heterocycles. The summed E-state index contributed by atoms with van der Waals surface area (Å²) < 4.78 is 0. The van der Waals surface area contributed by atoms with Gasteiger partial charge in [0.2, 0.25) is 5.95 Å². The van der Waals surface area contributed by atoms with Crippen LogP contribution in [-0.2, 0) is 19.4 Å². The second kappa shape index (κ2) is 8.37. The molecule has 0 aliphatic carbocycles. The van der Waals surface area contributed by atoms with E-state index in [4.69, 9.17) is 9.97 Å². The predicted octanol–water partition coefficient (Wildman–Crippen LogP) is 5.14. The number of nitrogens with one attached hydrogen (secondary N) is 3. The van der Waals surface area contributed by atoms with E-state index in [2.05, 4.69) is 57.2 Å². The van der Waals surface area contributed by atoms with Gasteiger partial charge in [0.05, 0.1) is 5.52 Å². The Hall–Kier alpha value is -3.67. The summed E-state index contributed by atoms with van der Waals surface area (Å²) in [4.78, 5) is 9.47. The van der Waals surface area contributed by atoms with Crippen molar-refractivity contribution in [3.05, 3.63) is 83.6 Å². The van der Waals surface area contributed by atoms with E-state index < -0.39 is 0 Å². The first-order valence-corrected chi connectivity index (χ1v) is 10.4. The van der Waals surface area contributed by atoms with E-state index in [0.29, 0.717) is 12.5 Å². The van der Waals surface area contributed by atoms with Gasteiger partial charge in [-0.05, 0) is 42.5 Å². The largest absolute Gasteiger partial charge is 0.350 e. The van der Waals surface area contributed by atoms with Crippen LogP contribution in [0.3, 0.4) is 0 Å². The molecule has 4 bridgehead atoms. The predicted molar refractivity (Wildman–Crippen MR) is 121 cm³/mol. The van der Waals surface area contributed by atoms with Gasteiger partial charge in [-0.25, -0.2) is 4.98 Å². The summed E-state index contributed by atoms with van der Waals surface area (Å²) in [5.74, 6) is 2.10. The lowest BCUT2D eigenvalue weighted by Crippen LogP contribution is -2.08. The number of allylic oxidation sites excluding steroid dienone is 2. The normalized spacial score (nSPS) is 15.5. The van der Waals surface area contributed by atoms with Crippen molar-refractivity contribution in [1.82, 2.24) is 20.2 Å². The van der Waals surface area contributed by atoms with Gasteiger partial charge in [0.1, 0.15) is 5.82 Å². The summed E-state index contributed by atoms with van der Waals surface area (Å²) in [5, 5.41) is 15.3. The molecule has 1 aliphatic rings. The number of nitrogens with zero attached hydrogens (tertiary/aromatic N) is 3. The summed E-state index contributed by atoms with van der Waals surface area (Å²) in [6, 6.07) is 18.6. The molecule has 0 unspecified atom stereocenters. The Morgan fingerprint density at radius 3 is 2.70 bits per heavy atom. The van der Waals surface area contributed by atoms with Crippen LogP contribution in [0.4, 0.5) is 17.6 Å². The molecule has 3 N–H and O–H groups in total. The Morgan fingerprint density at radius 2 is 1.73 bits per heavy atom.